The molecule has 0 aliphatic heterocycles. The van der Waals surface area contributed by atoms with Gasteiger partial charge in [-0.3, -0.25) is 0 Å². The molecule has 0 aromatic heterocycles. The summed E-state index contributed by atoms with van der Waals surface area (Å²) in [5, 5.41) is 5.81. The predicted molar refractivity (Wildman–Crippen MR) is 86.4 cm³/mol. The van der Waals surface area contributed by atoms with Gasteiger partial charge in [-0.15, -0.1) is 0 Å². The molecule has 4 N–H and O–H groups in total. The van der Waals surface area contributed by atoms with Gasteiger partial charge in [-0.05, 0) is 24.3 Å². The largest absolute Gasteiger partial charge is 0.389 e. The van der Waals surface area contributed by atoms with Crippen LogP contribution >= 0.6 is 23.8 Å². The first-order valence-corrected chi connectivity index (χ1v) is 6.58. The maximum atomic E-state index is 11.9. The summed E-state index contributed by atoms with van der Waals surface area (Å²) in [6.07, 6.45) is 0. The monoisotopic (exact) mass is 305 g/mol. The quantitative estimate of drug-likeness (QED) is 0.759. The Morgan fingerprint density at radius 1 is 1.00 bits per heavy atom. The minimum Gasteiger partial charge on any atom is -0.389 e. The van der Waals surface area contributed by atoms with Crippen LogP contribution in [0.4, 0.5) is 16.2 Å². The number of thiocarbonyl (C=S) groups is 1. The Morgan fingerprint density at radius 2 is 1.55 bits per heavy atom. The summed E-state index contributed by atoms with van der Waals surface area (Å²) in [4.78, 5) is 12.2. The second kappa shape index (κ2) is 6.36. The van der Waals surface area contributed by atoms with Gasteiger partial charge in [-0.25, -0.2) is 4.79 Å². The zero-order valence-electron chi connectivity index (χ0n) is 10.4. The van der Waals surface area contributed by atoms with E-state index in [9.17, 15) is 4.79 Å². The highest BCUT2D eigenvalue weighted by molar-refractivity contribution is 7.80. The van der Waals surface area contributed by atoms with Gasteiger partial charge in [0.1, 0.15) is 4.99 Å². The molecule has 0 bridgehead atoms. The second-order valence-corrected chi connectivity index (χ2v) is 4.82. The van der Waals surface area contributed by atoms with Crippen molar-refractivity contribution in [2.24, 2.45) is 5.73 Å². The van der Waals surface area contributed by atoms with Crippen molar-refractivity contribution >= 4 is 46.2 Å². The minimum atomic E-state index is -0.415. The van der Waals surface area contributed by atoms with Crippen LogP contribution in [0.5, 0.6) is 0 Å². The van der Waals surface area contributed by atoms with Crippen LogP contribution in [-0.2, 0) is 0 Å². The molecule has 0 unspecified atom stereocenters. The number of hydrogen-bond donors (Lipinski definition) is 3. The van der Waals surface area contributed by atoms with Crippen molar-refractivity contribution in [2.75, 3.05) is 10.6 Å². The molecule has 0 aliphatic carbocycles. The number of para-hydroxylation sites is 2. The Kier molecular flexibility index (Phi) is 4.55. The van der Waals surface area contributed by atoms with Gasteiger partial charge in [-0.1, -0.05) is 48.1 Å². The highest BCUT2D eigenvalue weighted by atomic mass is 35.5. The molecule has 0 atom stereocenters. The molecule has 4 nitrogen and oxygen atoms in total. The van der Waals surface area contributed by atoms with Crippen LogP contribution < -0.4 is 16.4 Å². The highest BCUT2D eigenvalue weighted by Crippen LogP contribution is 2.21. The lowest BCUT2D eigenvalue weighted by atomic mass is 10.2. The van der Waals surface area contributed by atoms with E-state index in [4.69, 9.17) is 29.6 Å². The molecule has 0 aliphatic rings. The summed E-state index contributed by atoms with van der Waals surface area (Å²) in [6.45, 7) is 0. The minimum absolute atomic E-state index is 0.221. The van der Waals surface area contributed by atoms with E-state index < -0.39 is 6.03 Å². The lowest BCUT2D eigenvalue weighted by Gasteiger charge is -2.11. The zero-order chi connectivity index (χ0) is 14.5. The smallest absolute Gasteiger partial charge is 0.323 e. The van der Waals surface area contributed by atoms with Gasteiger partial charge < -0.3 is 16.4 Å². The summed E-state index contributed by atoms with van der Waals surface area (Å²) in [5.41, 5.74) is 7.29. The molecule has 0 saturated heterocycles. The molecule has 6 heteroatoms. The van der Waals surface area contributed by atoms with Gasteiger partial charge in [0.2, 0.25) is 0 Å². The number of rotatable bonds is 3. The second-order valence-electron chi connectivity index (χ2n) is 3.97. The number of amides is 2. The lowest BCUT2D eigenvalue weighted by molar-refractivity contribution is 0.262. The fourth-order valence-corrected chi connectivity index (χ4v) is 2.01. The lowest BCUT2D eigenvalue weighted by Crippen LogP contribution is -2.22. The van der Waals surface area contributed by atoms with E-state index in [1.165, 1.54) is 0 Å². The summed E-state index contributed by atoms with van der Waals surface area (Å²) >= 11 is 10.9. The van der Waals surface area contributed by atoms with Gasteiger partial charge in [-0.2, -0.15) is 0 Å². The Hall–Kier alpha value is -2.11. The Bertz CT molecular complexity index is 660. The molecule has 2 amide bonds. The van der Waals surface area contributed by atoms with Crippen molar-refractivity contribution < 1.29 is 4.79 Å². The first-order valence-electron chi connectivity index (χ1n) is 5.79. The number of anilines is 2. The molecule has 0 heterocycles. The number of hydrogen-bond acceptors (Lipinski definition) is 2. The fourth-order valence-electron chi connectivity index (χ4n) is 1.65. The average molecular weight is 306 g/mol. The average Bonchev–Trinajstić information content (AvgIpc) is 2.41. The van der Waals surface area contributed by atoms with E-state index in [1.54, 1.807) is 48.5 Å². The first kappa shape index (κ1) is 14.3. The third kappa shape index (κ3) is 3.46. The molecule has 102 valence electrons. The fraction of sp³-hybridized carbons (Fsp3) is 0. The van der Waals surface area contributed by atoms with Gasteiger partial charge in [0.15, 0.2) is 0 Å². The Balaban J connectivity index is 2.13. The maximum absolute atomic E-state index is 11.9. The van der Waals surface area contributed by atoms with Gasteiger partial charge in [0.05, 0.1) is 16.4 Å². The number of carbonyl (C=O) groups excluding carboxylic acids is 1. The van der Waals surface area contributed by atoms with E-state index in [-0.39, 0.29) is 4.99 Å². The topological polar surface area (TPSA) is 67.1 Å². The number of nitrogens with two attached hydrogens (primary N) is 1. The van der Waals surface area contributed by atoms with E-state index >= 15 is 0 Å². The van der Waals surface area contributed by atoms with Crippen LogP contribution in [0.2, 0.25) is 5.02 Å². The van der Waals surface area contributed by atoms with Crippen LogP contribution in [0.15, 0.2) is 48.5 Å². The summed E-state index contributed by atoms with van der Waals surface area (Å²) in [6, 6.07) is 13.6. The number of urea groups is 1. The van der Waals surface area contributed by atoms with Crippen LogP contribution in [-0.4, -0.2) is 11.0 Å². The van der Waals surface area contributed by atoms with E-state index in [0.29, 0.717) is 22.0 Å². The molecule has 0 radical (unpaired) electrons. The van der Waals surface area contributed by atoms with Crippen molar-refractivity contribution in [2.45, 2.75) is 0 Å². The van der Waals surface area contributed by atoms with Crippen LogP contribution in [0.1, 0.15) is 5.56 Å². The Labute approximate surface area is 126 Å². The van der Waals surface area contributed by atoms with Gasteiger partial charge in [0, 0.05) is 5.56 Å². The predicted octanol–water partition coefficient (Wildman–Crippen LogP) is 3.62. The normalized spacial score (nSPS) is 9.85. The molecule has 0 saturated carbocycles. The van der Waals surface area contributed by atoms with Crippen molar-refractivity contribution in [1.29, 1.82) is 0 Å². The van der Waals surface area contributed by atoms with Gasteiger partial charge in [0.25, 0.3) is 0 Å². The number of benzene rings is 2. The first-order chi connectivity index (χ1) is 9.58. The summed E-state index contributed by atoms with van der Waals surface area (Å²) in [5.74, 6) is 0. The van der Waals surface area contributed by atoms with Crippen LogP contribution in [0, 0.1) is 0 Å². The molecule has 0 fully saturated rings. The van der Waals surface area contributed by atoms with Crippen molar-refractivity contribution in [3.8, 4) is 0 Å². The third-order valence-electron chi connectivity index (χ3n) is 2.56. The molecule has 20 heavy (non-hydrogen) atoms. The standard InChI is InChI=1S/C14H12ClN3OS/c15-10-6-2-4-8-12(10)18-14(19)17-11-7-3-1-5-9(11)13(16)20/h1-8H,(H2,16,20)(H2,17,18,19). The summed E-state index contributed by atoms with van der Waals surface area (Å²) < 4.78 is 0. The highest BCUT2D eigenvalue weighted by Gasteiger charge is 2.09. The van der Waals surface area contributed by atoms with E-state index in [1.807, 2.05) is 0 Å². The number of carbonyl (C=O) groups is 1. The van der Waals surface area contributed by atoms with Crippen molar-refractivity contribution in [1.82, 2.24) is 0 Å². The molecule has 2 rings (SSSR count). The Morgan fingerprint density at radius 3 is 2.20 bits per heavy atom. The molecular weight excluding hydrogens is 294 g/mol. The van der Waals surface area contributed by atoms with Crippen molar-refractivity contribution in [3.05, 3.63) is 59.1 Å². The SMILES string of the molecule is NC(=S)c1ccccc1NC(=O)Nc1ccccc1Cl. The molecule has 2 aromatic carbocycles. The van der Waals surface area contributed by atoms with Crippen molar-refractivity contribution in [3.63, 3.8) is 0 Å². The summed E-state index contributed by atoms with van der Waals surface area (Å²) in [7, 11) is 0. The van der Waals surface area contributed by atoms with Crippen LogP contribution in [0.25, 0.3) is 0 Å². The maximum Gasteiger partial charge on any atom is 0.323 e. The number of halogens is 1. The van der Waals surface area contributed by atoms with Crippen LogP contribution in [0.3, 0.4) is 0 Å². The molecular formula is C14H12ClN3OS. The zero-order valence-corrected chi connectivity index (χ0v) is 12.0. The molecule has 0 spiro atoms. The third-order valence-corrected chi connectivity index (χ3v) is 3.11. The molecule has 2 aromatic rings. The van der Waals surface area contributed by atoms with E-state index in [2.05, 4.69) is 10.6 Å². The van der Waals surface area contributed by atoms with E-state index in [0.717, 1.165) is 0 Å². The number of nitrogens with one attached hydrogen (secondary N) is 2. The van der Waals surface area contributed by atoms with Gasteiger partial charge >= 0.3 is 6.03 Å².